The first-order valence-corrected chi connectivity index (χ1v) is 5.40. The summed E-state index contributed by atoms with van der Waals surface area (Å²) in [6, 6.07) is 0. The van der Waals surface area contributed by atoms with Crippen LogP contribution in [0.4, 0.5) is 0 Å². The quantitative estimate of drug-likeness (QED) is 0.573. The summed E-state index contributed by atoms with van der Waals surface area (Å²) < 4.78 is 0. The third-order valence-electron chi connectivity index (χ3n) is 2.78. The Kier molecular flexibility index (Phi) is 1.92. The van der Waals surface area contributed by atoms with Gasteiger partial charge in [-0.05, 0) is 43.7 Å². The Hall–Kier alpha value is 0.310. The molecule has 0 saturated carbocycles. The van der Waals surface area contributed by atoms with Crippen LogP contribution in [0.15, 0.2) is 0 Å². The summed E-state index contributed by atoms with van der Waals surface area (Å²) in [6.45, 7) is 1.27. The predicted octanol–water partition coefficient (Wildman–Crippen LogP) is 1.64. The lowest BCUT2D eigenvalue weighted by molar-refractivity contribution is 0.349. The normalized spacial score (nSPS) is 31.2. The number of nitrogens with one attached hydrogen (secondary N) is 1. The topological polar surface area (TPSA) is 12.0 Å². The summed E-state index contributed by atoms with van der Waals surface area (Å²) in [7, 11) is 0. The van der Waals surface area contributed by atoms with Crippen molar-refractivity contribution in [3.63, 3.8) is 0 Å². The van der Waals surface area contributed by atoms with Gasteiger partial charge in [-0.2, -0.15) is 11.8 Å². The Balaban J connectivity index is 1.98. The molecule has 0 aliphatic carbocycles. The third-order valence-corrected chi connectivity index (χ3v) is 3.77. The van der Waals surface area contributed by atoms with Gasteiger partial charge in [-0.15, -0.1) is 0 Å². The molecule has 2 heteroatoms. The van der Waals surface area contributed by atoms with Crippen LogP contribution in [0.3, 0.4) is 0 Å². The average molecular weight is 157 g/mol. The van der Waals surface area contributed by atoms with E-state index in [2.05, 4.69) is 17.1 Å². The van der Waals surface area contributed by atoms with Crippen molar-refractivity contribution in [2.75, 3.05) is 18.1 Å². The van der Waals surface area contributed by atoms with Crippen LogP contribution in [-0.2, 0) is 0 Å². The van der Waals surface area contributed by atoms with Gasteiger partial charge in [0.25, 0.3) is 0 Å². The highest BCUT2D eigenvalue weighted by atomic mass is 32.2. The molecule has 0 bridgehead atoms. The minimum atomic E-state index is 0.602. The maximum absolute atomic E-state index is 3.66. The molecule has 2 aliphatic heterocycles. The van der Waals surface area contributed by atoms with Gasteiger partial charge in [-0.3, -0.25) is 0 Å². The fraction of sp³-hybridized carbons (Fsp3) is 1.00. The fourth-order valence-electron chi connectivity index (χ4n) is 2.06. The zero-order valence-electron chi connectivity index (χ0n) is 6.36. The lowest BCUT2D eigenvalue weighted by atomic mass is 9.91. The van der Waals surface area contributed by atoms with Gasteiger partial charge in [0.1, 0.15) is 0 Å². The predicted molar refractivity (Wildman–Crippen MR) is 46.5 cm³/mol. The van der Waals surface area contributed by atoms with Crippen molar-refractivity contribution in [2.24, 2.45) is 0 Å². The van der Waals surface area contributed by atoms with Crippen molar-refractivity contribution in [2.45, 2.75) is 31.2 Å². The van der Waals surface area contributed by atoms with Gasteiger partial charge in [-0.25, -0.2) is 0 Å². The molecule has 1 nitrogen and oxygen atoms in total. The molecule has 2 fully saturated rings. The number of hydrogen-bond acceptors (Lipinski definition) is 2. The Bertz CT molecular complexity index is 110. The van der Waals surface area contributed by atoms with E-state index in [4.69, 9.17) is 0 Å². The van der Waals surface area contributed by atoms with Crippen molar-refractivity contribution in [1.82, 2.24) is 5.32 Å². The highest BCUT2D eigenvalue weighted by Gasteiger charge is 2.34. The molecule has 2 heterocycles. The van der Waals surface area contributed by atoms with E-state index in [0.717, 1.165) is 0 Å². The zero-order chi connectivity index (χ0) is 6.86. The molecule has 1 N–H and O–H groups in total. The molecule has 0 atom stereocenters. The van der Waals surface area contributed by atoms with Crippen LogP contribution < -0.4 is 5.32 Å². The largest absolute Gasteiger partial charge is 0.311 e. The van der Waals surface area contributed by atoms with Crippen LogP contribution in [0.2, 0.25) is 0 Å². The number of rotatable bonds is 0. The van der Waals surface area contributed by atoms with Gasteiger partial charge in [0.15, 0.2) is 0 Å². The maximum Gasteiger partial charge on any atom is 0.0197 e. The Morgan fingerprint density at radius 3 is 2.50 bits per heavy atom. The van der Waals surface area contributed by atoms with E-state index in [1.165, 1.54) is 43.7 Å². The second-order valence-electron chi connectivity index (χ2n) is 3.42. The molecule has 0 aromatic rings. The fourth-order valence-corrected chi connectivity index (χ4v) is 3.33. The van der Waals surface area contributed by atoms with E-state index in [0.29, 0.717) is 5.54 Å². The van der Waals surface area contributed by atoms with Crippen LogP contribution in [0, 0.1) is 0 Å². The Morgan fingerprint density at radius 1 is 1.10 bits per heavy atom. The molecule has 0 amide bonds. The Labute approximate surface area is 67.0 Å². The molecule has 0 aromatic heterocycles. The monoisotopic (exact) mass is 157 g/mol. The molecular formula is C8H15NS. The zero-order valence-corrected chi connectivity index (χ0v) is 7.17. The van der Waals surface area contributed by atoms with E-state index < -0.39 is 0 Å². The summed E-state index contributed by atoms with van der Waals surface area (Å²) >= 11 is 2.12. The lowest BCUT2D eigenvalue weighted by Crippen LogP contribution is -2.42. The minimum absolute atomic E-state index is 0.602. The molecule has 0 unspecified atom stereocenters. The van der Waals surface area contributed by atoms with Crippen molar-refractivity contribution in [1.29, 1.82) is 0 Å². The first-order chi connectivity index (χ1) is 4.91. The van der Waals surface area contributed by atoms with Crippen LogP contribution in [0.5, 0.6) is 0 Å². The summed E-state index contributed by atoms with van der Waals surface area (Å²) in [5.74, 6) is 2.76. The Morgan fingerprint density at radius 2 is 1.90 bits per heavy atom. The summed E-state index contributed by atoms with van der Waals surface area (Å²) in [5, 5.41) is 3.66. The maximum atomic E-state index is 3.66. The molecule has 2 aliphatic rings. The molecular weight excluding hydrogens is 142 g/mol. The molecule has 1 spiro atoms. The van der Waals surface area contributed by atoms with E-state index >= 15 is 0 Å². The van der Waals surface area contributed by atoms with Crippen molar-refractivity contribution in [3.05, 3.63) is 0 Å². The number of hydrogen-bond donors (Lipinski definition) is 1. The molecule has 0 radical (unpaired) electrons. The highest BCUT2D eigenvalue weighted by molar-refractivity contribution is 7.99. The van der Waals surface area contributed by atoms with Crippen molar-refractivity contribution in [3.8, 4) is 0 Å². The molecule has 58 valence electrons. The second-order valence-corrected chi connectivity index (χ2v) is 4.65. The standard InChI is InChI=1S/C8H15NS/c1-2-8(9-5-1)3-6-10-7-4-8/h9H,1-7H2. The van der Waals surface area contributed by atoms with Crippen LogP contribution >= 0.6 is 11.8 Å². The SMILES string of the molecule is C1CNC2(C1)CCSCC2. The van der Waals surface area contributed by atoms with Crippen molar-refractivity contribution >= 4 is 11.8 Å². The molecule has 2 saturated heterocycles. The van der Waals surface area contributed by atoms with Gasteiger partial charge >= 0.3 is 0 Å². The van der Waals surface area contributed by atoms with Crippen LogP contribution in [0.1, 0.15) is 25.7 Å². The number of thioether (sulfide) groups is 1. The molecule has 10 heavy (non-hydrogen) atoms. The highest BCUT2D eigenvalue weighted by Crippen LogP contribution is 2.33. The van der Waals surface area contributed by atoms with Gasteiger partial charge in [0, 0.05) is 5.54 Å². The van der Waals surface area contributed by atoms with E-state index in [-0.39, 0.29) is 0 Å². The lowest BCUT2D eigenvalue weighted by Gasteiger charge is -2.33. The minimum Gasteiger partial charge on any atom is -0.311 e. The molecule has 2 rings (SSSR count). The first kappa shape index (κ1) is 6.99. The summed E-state index contributed by atoms with van der Waals surface area (Å²) in [6.07, 6.45) is 5.67. The van der Waals surface area contributed by atoms with Gasteiger partial charge in [0.05, 0.1) is 0 Å². The smallest absolute Gasteiger partial charge is 0.0197 e. The van der Waals surface area contributed by atoms with E-state index in [9.17, 15) is 0 Å². The first-order valence-electron chi connectivity index (χ1n) is 4.24. The van der Waals surface area contributed by atoms with E-state index in [1.807, 2.05) is 0 Å². The van der Waals surface area contributed by atoms with Crippen LogP contribution in [0.25, 0.3) is 0 Å². The average Bonchev–Trinajstić information content (AvgIpc) is 2.39. The van der Waals surface area contributed by atoms with Gasteiger partial charge < -0.3 is 5.32 Å². The second kappa shape index (κ2) is 2.74. The van der Waals surface area contributed by atoms with Gasteiger partial charge in [0.2, 0.25) is 0 Å². The van der Waals surface area contributed by atoms with E-state index in [1.54, 1.807) is 0 Å². The third kappa shape index (κ3) is 1.19. The van der Waals surface area contributed by atoms with Crippen molar-refractivity contribution < 1.29 is 0 Å². The van der Waals surface area contributed by atoms with Gasteiger partial charge in [-0.1, -0.05) is 0 Å². The van der Waals surface area contributed by atoms with Crippen LogP contribution in [-0.4, -0.2) is 23.6 Å². The molecule has 0 aromatic carbocycles. The summed E-state index contributed by atoms with van der Waals surface area (Å²) in [5.41, 5.74) is 0.602. The summed E-state index contributed by atoms with van der Waals surface area (Å²) in [4.78, 5) is 0.